The van der Waals surface area contributed by atoms with Crippen LogP contribution in [0.15, 0.2) is 42.5 Å². The molecule has 0 heterocycles. The molecule has 0 spiro atoms. The monoisotopic (exact) mass is 239 g/mol. The molecule has 0 unspecified atom stereocenters. The maximum atomic E-state index is 3.27. The van der Waals surface area contributed by atoms with Crippen molar-refractivity contribution in [3.05, 3.63) is 53.6 Å². The smallest absolute Gasteiger partial charge is 0.0370 e. The first kappa shape index (κ1) is 12.7. The summed E-state index contributed by atoms with van der Waals surface area (Å²) in [5.41, 5.74) is 6.54. The summed E-state index contributed by atoms with van der Waals surface area (Å²) >= 11 is 0. The number of hydrogen-bond donors (Lipinski definition) is 1. The summed E-state index contributed by atoms with van der Waals surface area (Å²) < 4.78 is 0. The van der Waals surface area contributed by atoms with Crippen LogP contribution >= 0.6 is 0 Å². The van der Waals surface area contributed by atoms with E-state index in [1.54, 1.807) is 0 Å². The highest BCUT2D eigenvalue weighted by molar-refractivity contribution is 5.68. The zero-order valence-electron chi connectivity index (χ0n) is 11.5. The fraction of sp³-hybridized carbons (Fsp3) is 0.294. The third kappa shape index (κ3) is 2.73. The zero-order chi connectivity index (χ0) is 13.0. The topological polar surface area (TPSA) is 12.0 Å². The number of nitrogens with one attached hydrogen (secondary N) is 1. The van der Waals surface area contributed by atoms with Gasteiger partial charge in [0.15, 0.2) is 0 Å². The Labute approximate surface area is 110 Å². The average molecular weight is 239 g/mol. The summed E-state index contributed by atoms with van der Waals surface area (Å²) in [4.78, 5) is 0. The average Bonchev–Trinajstić information content (AvgIpc) is 2.40. The van der Waals surface area contributed by atoms with Crippen LogP contribution in [0, 0.1) is 6.92 Å². The van der Waals surface area contributed by atoms with Crippen LogP contribution < -0.4 is 5.32 Å². The van der Waals surface area contributed by atoms with Crippen LogP contribution in [0.25, 0.3) is 11.1 Å². The van der Waals surface area contributed by atoms with Crippen molar-refractivity contribution in [3.8, 4) is 11.1 Å². The number of anilines is 1. The van der Waals surface area contributed by atoms with Crippen molar-refractivity contribution < 1.29 is 0 Å². The molecule has 0 aliphatic rings. The molecule has 2 rings (SSSR count). The molecule has 0 aliphatic heterocycles. The van der Waals surface area contributed by atoms with Crippen molar-refractivity contribution in [1.29, 1.82) is 0 Å². The van der Waals surface area contributed by atoms with E-state index >= 15 is 0 Å². The van der Waals surface area contributed by atoms with Crippen LogP contribution in [0.4, 0.5) is 5.69 Å². The van der Waals surface area contributed by atoms with Gasteiger partial charge in [0, 0.05) is 12.7 Å². The predicted molar refractivity (Wildman–Crippen MR) is 80.2 cm³/mol. The van der Waals surface area contributed by atoms with Crippen LogP contribution in [-0.4, -0.2) is 7.05 Å². The predicted octanol–water partition coefficient (Wildman–Crippen LogP) is 4.66. The van der Waals surface area contributed by atoms with Gasteiger partial charge < -0.3 is 5.32 Å². The summed E-state index contributed by atoms with van der Waals surface area (Å²) in [5.74, 6) is 0. The molecule has 0 radical (unpaired) electrons. The third-order valence-corrected chi connectivity index (χ3v) is 3.28. The van der Waals surface area contributed by atoms with Gasteiger partial charge in [-0.25, -0.2) is 0 Å². The van der Waals surface area contributed by atoms with Gasteiger partial charge in [0.1, 0.15) is 0 Å². The van der Waals surface area contributed by atoms with Crippen LogP contribution in [0.5, 0.6) is 0 Å². The molecule has 94 valence electrons. The second-order valence-electron chi connectivity index (χ2n) is 4.74. The highest BCUT2D eigenvalue weighted by atomic mass is 14.8. The fourth-order valence-corrected chi connectivity index (χ4v) is 2.24. The molecule has 0 aromatic heterocycles. The molecule has 0 amide bonds. The molecule has 2 aromatic rings. The van der Waals surface area contributed by atoms with E-state index in [1.165, 1.54) is 34.4 Å². The minimum absolute atomic E-state index is 1.12. The SMILES string of the molecule is CCCc1cc(-c2ccc(C)cc2)ccc1NC. The Hall–Kier alpha value is -1.76. The van der Waals surface area contributed by atoms with Gasteiger partial charge in [-0.15, -0.1) is 0 Å². The van der Waals surface area contributed by atoms with E-state index in [4.69, 9.17) is 0 Å². The van der Waals surface area contributed by atoms with Gasteiger partial charge in [0.05, 0.1) is 0 Å². The Bertz CT molecular complexity index is 512. The molecule has 0 saturated heterocycles. The number of rotatable bonds is 4. The lowest BCUT2D eigenvalue weighted by atomic mass is 9.99. The second kappa shape index (κ2) is 5.72. The Balaban J connectivity index is 2.39. The minimum Gasteiger partial charge on any atom is -0.388 e. The quantitative estimate of drug-likeness (QED) is 0.818. The maximum absolute atomic E-state index is 3.27. The molecule has 2 aromatic carbocycles. The van der Waals surface area contributed by atoms with Crippen LogP contribution in [0.3, 0.4) is 0 Å². The van der Waals surface area contributed by atoms with Crippen molar-refractivity contribution in [2.75, 3.05) is 12.4 Å². The third-order valence-electron chi connectivity index (χ3n) is 3.28. The molecule has 18 heavy (non-hydrogen) atoms. The van der Waals surface area contributed by atoms with E-state index in [0.29, 0.717) is 0 Å². The van der Waals surface area contributed by atoms with E-state index < -0.39 is 0 Å². The van der Waals surface area contributed by atoms with E-state index in [2.05, 4.69) is 61.6 Å². The first-order chi connectivity index (χ1) is 8.74. The van der Waals surface area contributed by atoms with E-state index in [-0.39, 0.29) is 0 Å². The Kier molecular flexibility index (Phi) is 4.03. The Morgan fingerprint density at radius 3 is 2.22 bits per heavy atom. The van der Waals surface area contributed by atoms with E-state index in [1.807, 2.05) is 7.05 Å². The molecule has 0 atom stereocenters. The first-order valence-corrected chi connectivity index (χ1v) is 6.62. The fourth-order valence-electron chi connectivity index (χ4n) is 2.24. The number of aryl methyl sites for hydroxylation is 2. The first-order valence-electron chi connectivity index (χ1n) is 6.62. The molecule has 0 bridgehead atoms. The number of hydrogen-bond acceptors (Lipinski definition) is 1. The molecule has 1 N–H and O–H groups in total. The molecule has 1 heteroatoms. The van der Waals surface area contributed by atoms with Crippen molar-refractivity contribution in [1.82, 2.24) is 0 Å². The van der Waals surface area contributed by atoms with Crippen molar-refractivity contribution >= 4 is 5.69 Å². The lowest BCUT2D eigenvalue weighted by Crippen LogP contribution is -1.95. The molecule has 1 nitrogen and oxygen atoms in total. The lowest BCUT2D eigenvalue weighted by molar-refractivity contribution is 0.923. The van der Waals surface area contributed by atoms with Gasteiger partial charge >= 0.3 is 0 Å². The summed E-state index contributed by atoms with van der Waals surface area (Å²) in [5, 5.41) is 3.27. The van der Waals surface area contributed by atoms with Crippen LogP contribution in [0.2, 0.25) is 0 Å². The van der Waals surface area contributed by atoms with Crippen molar-refractivity contribution in [3.63, 3.8) is 0 Å². The molecular weight excluding hydrogens is 218 g/mol. The lowest BCUT2D eigenvalue weighted by Gasteiger charge is -2.11. The van der Waals surface area contributed by atoms with Gasteiger partial charge in [-0.05, 0) is 42.2 Å². The molecule has 0 fully saturated rings. The highest BCUT2D eigenvalue weighted by Gasteiger charge is 2.03. The maximum Gasteiger partial charge on any atom is 0.0370 e. The molecule has 0 aliphatic carbocycles. The van der Waals surface area contributed by atoms with Crippen molar-refractivity contribution in [2.24, 2.45) is 0 Å². The minimum atomic E-state index is 1.12. The van der Waals surface area contributed by atoms with Gasteiger partial charge in [-0.1, -0.05) is 49.2 Å². The van der Waals surface area contributed by atoms with E-state index in [0.717, 1.165) is 6.42 Å². The normalized spacial score (nSPS) is 10.4. The summed E-state index contributed by atoms with van der Waals surface area (Å²) in [7, 11) is 1.99. The second-order valence-corrected chi connectivity index (χ2v) is 4.74. The van der Waals surface area contributed by atoms with Gasteiger partial charge in [-0.2, -0.15) is 0 Å². The van der Waals surface area contributed by atoms with E-state index in [9.17, 15) is 0 Å². The summed E-state index contributed by atoms with van der Waals surface area (Å²) in [6, 6.07) is 15.4. The number of benzene rings is 2. The highest BCUT2D eigenvalue weighted by Crippen LogP contribution is 2.26. The van der Waals surface area contributed by atoms with Crippen LogP contribution in [0.1, 0.15) is 24.5 Å². The van der Waals surface area contributed by atoms with Crippen molar-refractivity contribution in [2.45, 2.75) is 26.7 Å². The molecule has 0 saturated carbocycles. The van der Waals surface area contributed by atoms with Gasteiger partial charge in [-0.3, -0.25) is 0 Å². The zero-order valence-corrected chi connectivity index (χ0v) is 11.5. The van der Waals surface area contributed by atoms with Crippen LogP contribution in [-0.2, 0) is 6.42 Å². The molecular formula is C17H21N. The summed E-state index contributed by atoms with van der Waals surface area (Å²) in [6.07, 6.45) is 2.29. The Morgan fingerprint density at radius 1 is 0.944 bits per heavy atom. The van der Waals surface area contributed by atoms with Gasteiger partial charge in [0.2, 0.25) is 0 Å². The largest absolute Gasteiger partial charge is 0.388 e. The standard InChI is InChI=1S/C17H21N/c1-4-5-16-12-15(10-11-17(16)18-3)14-8-6-13(2)7-9-14/h6-12,18H,4-5H2,1-3H3. The summed E-state index contributed by atoms with van der Waals surface area (Å²) in [6.45, 7) is 4.34. The van der Waals surface area contributed by atoms with Gasteiger partial charge in [0.25, 0.3) is 0 Å². The Morgan fingerprint density at radius 2 is 1.61 bits per heavy atom.